The minimum atomic E-state index is -0.386. The molecule has 0 aliphatic rings. The molecule has 0 heterocycles. The van der Waals surface area contributed by atoms with Gasteiger partial charge in [0.05, 0.1) is 26.9 Å². The maximum absolute atomic E-state index is 8.97. The largest absolute Gasteiger partial charge is 0.493 e. The Morgan fingerprint density at radius 2 is 2.00 bits per heavy atom. The van der Waals surface area contributed by atoms with Crippen molar-refractivity contribution in [2.45, 2.75) is 13.0 Å². The number of methoxy groups -OCH3 is 2. The molecule has 1 atom stereocenters. The van der Waals surface area contributed by atoms with Gasteiger partial charge in [-0.2, -0.15) is 0 Å². The second-order valence-corrected chi connectivity index (χ2v) is 3.36. The molecule has 0 aliphatic heterocycles. The van der Waals surface area contributed by atoms with E-state index in [1.165, 1.54) is 0 Å². The van der Waals surface area contributed by atoms with Gasteiger partial charge in [-0.1, -0.05) is 6.07 Å². The Bertz CT molecular complexity index is 339. The van der Waals surface area contributed by atoms with Crippen LogP contribution in [0.3, 0.4) is 0 Å². The zero-order valence-electron chi connectivity index (χ0n) is 9.28. The van der Waals surface area contributed by atoms with Crippen LogP contribution in [0.4, 0.5) is 0 Å². The maximum Gasteiger partial charge on any atom is 0.163 e. The number of nitrogens with two attached hydrogens (primary N) is 1. The van der Waals surface area contributed by atoms with Gasteiger partial charge in [0.15, 0.2) is 11.5 Å². The Labute approximate surface area is 89.6 Å². The first-order valence-electron chi connectivity index (χ1n) is 4.73. The fraction of sp³-hybridized carbons (Fsp3) is 0.455. The molecule has 1 rings (SSSR count). The maximum atomic E-state index is 8.97. The van der Waals surface area contributed by atoms with Gasteiger partial charge in [0.25, 0.3) is 0 Å². The van der Waals surface area contributed by atoms with Gasteiger partial charge < -0.3 is 20.3 Å². The van der Waals surface area contributed by atoms with Crippen molar-refractivity contribution in [3.8, 4) is 11.5 Å². The molecule has 0 radical (unpaired) electrons. The molecule has 15 heavy (non-hydrogen) atoms. The van der Waals surface area contributed by atoms with Crippen LogP contribution in [0, 0.1) is 6.92 Å². The number of ether oxygens (including phenoxy) is 2. The number of hydrogen-bond donors (Lipinski definition) is 2. The van der Waals surface area contributed by atoms with E-state index in [2.05, 4.69) is 0 Å². The van der Waals surface area contributed by atoms with E-state index in [0.717, 1.165) is 11.1 Å². The summed E-state index contributed by atoms with van der Waals surface area (Å²) in [7, 11) is 3.17. The first-order chi connectivity index (χ1) is 7.13. The number of aliphatic hydroxyl groups is 1. The van der Waals surface area contributed by atoms with Crippen LogP contribution in [-0.4, -0.2) is 25.9 Å². The molecule has 3 N–H and O–H groups in total. The summed E-state index contributed by atoms with van der Waals surface area (Å²) in [5, 5.41) is 8.97. The fourth-order valence-corrected chi connectivity index (χ4v) is 1.50. The third kappa shape index (κ3) is 2.40. The topological polar surface area (TPSA) is 64.7 Å². The lowest BCUT2D eigenvalue weighted by atomic mass is 10.0. The highest BCUT2D eigenvalue weighted by Gasteiger charge is 2.12. The molecule has 4 heteroatoms. The van der Waals surface area contributed by atoms with Crippen LogP contribution in [0.2, 0.25) is 0 Å². The molecule has 0 spiro atoms. The van der Waals surface area contributed by atoms with Gasteiger partial charge in [0.1, 0.15) is 0 Å². The highest BCUT2D eigenvalue weighted by Crippen LogP contribution is 2.33. The third-order valence-corrected chi connectivity index (χ3v) is 2.31. The number of benzene rings is 1. The van der Waals surface area contributed by atoms with Crippen LogP contribution in [-0.2, 0) is 0 Å². The predicted molar refractivity (Wildman–Crippen MR) is 58.3 cm³/mol. The predicted octanol–water partition coefficient (Wildman–Crippen LogP) is 1.00. The lowest BCUT2D eigenvalue weighted by Gasteiger charge is -2.15. The van der Waals surface area contributed by atoms with Crippen LogP contribution >= 0.6 is 0 Å². The van der Waals surface area contributed by atoms with Gasteiger partial charge in [-0.3, -0.25) is 0 Å². The number of hydrogen-bond acceptors (Lipinski definition) is 4. The SMILES string of the molecule is COc1cc(C(N)CO)cc(C)c1OC. The molecule has 0 saturated carbocycles. The number of aryl methyl sites for hydroxylation is 1. The molecule has 0 aromatic heterocycles. The molecule has 1 aromatic rings. The molecule has 1 unspecified atom stereocenters. The lowest BCUT2D eigenvalue weighted by molar-refractivity contribution is 0.267. The van der Waals surface area contributed by atoms with Crippen molar-refractivity contribution in [2.75, 3.05) is 20.8 Å². The molecule has 84 valence electrons. The summed E-state index contributed by atoms with van der Waals surface area (Å²) >= 11 is 0. The Balaban J connectivity index is 3.19. The summed E-state index contributed by atoms with van der Waals surface area (Å²) in [6, 6.07) is 3.29. The first kappa shape index (κ1) is 11.8. The highest BCUT2D eigenvalue weighted by atomic mass is 16.5. The summed E-state index contributed by atoms with van der Waals surface area (Å²) in [5.41, 5.74) is 7.51. The van der Waals surface area contributed by atoms with Crippen LogP contribution < -0.4 is 15.2 Å². The van der Waals surface area contributed by atoms with Gasteiger partial charge in [0.2, 0.25) is 0 Å². The van der Waals surface area contributed by atoms with Crippen LogP contribution in [0.1, 0.15) is 17.2 Å². The van der Waals surface area contributed by atoms with Crippen LogP contribution in [0.15, 0.2) is 12.1 Å². The Morgan fingerprint density at radius 1 is 1.33 bits per heavy atom. The molecule has 0 fully saturated rings. The normalized spacial score (nSPS) is 12.3. The summed E-state index contributed by atoms with van der Waals surface area (Å²) < 4.78 is 10.4. The smallest absolute Gasteiger partial charge is 0.163 e. The second kappa shape index (κ2) is 5.00. The molecule has 0 bridgehead atoms. The minimum Gasteiger partial charge on any atom is -0.493 e. The van der Waals surface area contributed by atoms with E-state index in [-0.39, 0.29) is 12.6 Å². The van der Waals surface area contributed by atoms with Gasteiger partial charge in [-0.05, 0) is 24.1 Å². The fourth-order valence-electron chi connectivity index (χ4n) is 1.50. The monoisotopic (exact) mass is 211 g/mol. The summed E-state index contributed by atoms with van der Waals surface area (Å²) in [4.78, 5) is 0. The van der Waals surface area contributed by atoms with Crippen molar-refractivity contribution in [1.29, 1.82) is 0 Å². The van der Waals surface area contributed by atoms with Gasteiger partial charge in [-0.15, -0.1) is 0 Å². The van der Waals surface area contributed by atoms with E-state index in [1.807, 2.05) is 13.0 Å². The van der Waals surface area contributed by atoms with Crippen molar-refractivity contribution >= 4 is 0 Å². The zero-order valence-corrected chi connectivity index (χ0v) is 9.28. The van der Waals surface area contributed by atoms with Crippen molar-refractivity contribution in [3.63, 3.8) is 0 Å². The van der Waals surface area contributed by atoms with Crippen molar-refractivity contribution in [1.82, 2.24) is 0 Å². The lowest BCUT2D eigenvalue weighted by Crippen LogP contribution is -2.14. The molecule has 0 aliphatic carbocycles. The molecular formula is C11H17NO3. The van der Waals surface area contributed by atoms with E-state index in [0.29, 0.717) is 11.5 Å². The van der Waals surface area contributed by atoms with Gasteiger partial charge in [-0.25, -0.2) is 0 Å². The van der Waals surface area contributed by atoms with Crippen molar-refractivity contribution in [3.05, 3.63) is 23.3 Å². The third-order valence-electron chi connectivity index (χ3n) is 2.31. The molecule has 1 aromatic carbocycles. The summed E-state index contributed by atoms with van der Waals surface area (Å²) in [6.45, 7) is 1.82. The average Bonchev–Trinajstić information content (AvgIpc) is 2.26. The Morgan fingerprint density at radius 3 is 2.47 bits per heavy atom. The zero-order chi connectivity index (χ0) is 11.4. The first-order valence-corrected chi connectivity index (χ1v) is 4.73. The molecule has 0 saturated heterocycles. The van der Waals surface area contributed by atoms with Gasteiger partial charge in [0, 0.05) is 0 Å². The summed E-state index contributed by atoms with van der Waals surface area (Å²) in [5.74, 6) is 1.34. The minimum absolute atomic E-state index is 0.0884. The van der Waals surface area contributed by atoms with E-state index in [9.17, 15) is 0 Å². The summed E-state index contributed by atoms with van der Waals surface area (Å²) in [6.07, 6.45) is 0. The highest BCUT2D eigenvalue weighted by molar-refractivity contribution is 5.49. The van der Waals surface area contributed by atoms with Crippen molar-refractivity contribution < 1.29 is 14.6 Å². The van der Waals surface area contributed by atoms with E-state index in [1.54, 1.807) is 20.3 Å². The number of aliphatic hydroxyl groups excluding tert-OH is 1. The Hall–Kier alpha value is -1.26. The molecule has 4 nitrogen and oxygen atoms in total. The van der Waals surface area contributed by atoms with E-state index >= 15 is 0 Å². The number of rotatable bonds is 4. The van der Waals surface area contributed by atoms with E-state index in [4.69, 9.17) is 20.3 Å². The van der Waals surface area contributed by atoms with E-state index < -0.39 is 0 Å². The molecular weight excluding hydrogens is 194 g/mol. The average molecular weight is 211 g/mol. The standard InChI is InChI=1S/C11H17NO3/c1-7-4-8(9(12)6-13)5-10(14-2)11(7)15-3/h4-5,9,13H,6,12H2,1-3H3. The van der Waals surface area contributed by atoms with Crippen LogP contribution in [0.25, 0.3) is 0 Å². The second-order valence-electron chi connectivity index (χ2n) is 3.36. The molecule has 0 amide bonds. The quantitative estimate of drug-likeness (QED) is 0.780. The van der Waals surface area contributed by atoms with Crippen LogP contribution in [0.5, 0.6) is 11.5 Å². The van der Waals surface area contributed by atoms with Crippen molar-refractivity contribution in [2.24, 2.45) is 5.73 Å². The Kier molecular flexibility index (Phi) is 3.94. The van der Waals surface area contributed by atoms with Gasteiger partial charge >= 0.3 is 0 Å².